The van der Waals surface area contributed by atoms with E-state index in [0.717, 1.165) is 53.5 Å². The third-order valence-electron chi connectivity index (χ3n) is 13.6. The van der Waals surface area contributed by atoms with E-state index in [1.54, 1.807) is 23.1 Å². The smallest absolute Gasteiger partial charge is 0.410 e. The summed E-state index contributed by atoms with van der Waals surface area (Å²) in [4.78, 5) is 22.4. The Balaban J connectivity index is 1.24. The highest BCUT2D eigenvalue weighted by atomic mass is 19.1. The second-order valence-electron chi connectivity index (χ2n) is 18.1. The molecule has 70 heavy (non-hydrogen) atoms. The molecule has 0 aromatic heterocycles. The number of carbonyl (C=O) groups is 1. The lowest BCUT2D eigenvalue weighted by Gasteiger charge is -2.59. The van der Waals surface area contributed by atoms with Gasteiger partial charge in [0.15, 0.2) is 0 Å². The van der Waals surface area contributed by atoms with Crippen LogP contribution in [0.4, 0.5) is 9.18 Å². The summed E-state index contributed by atoms with van der Waals surface area (Å²) in [6.45, 7) is 6.99. The molecule has 2 aliphatic carbocycles. The van der Waals surface area contributed by atoms with Crippen molar-refractivity contribution in [3.8, 4) is 28.4 Å². The average molecular weight is 953 g/mol. The summed E-state index contributed by atoms with van der Waals surface area (Å²) < 4.78 is 47.6. The second kappa shape index (κ2) is 24.5. The lowest BCUT2D eigenvalue weighted by atomic mass is 9.55. The number of rotatable bonds is 24. The molecule has 0 bridgehead atoms. The number of fused-ring (bicyclic) bond motifs is 2. The van der Waals surface area contributed by atoms with Crippen molar-refractivity contribution in [3.05, 3.63) is 174 Å². The van der Waals surface area contributed by atoms with Gasteiger partial charge in [-0.1, -0.05) is 115 Å². The number of allylic oxidation sites excluding steroid dienone is 1. The van der Waals surface area contributed by atoms with Crippen LogP contribution in [0.1, 0.15) is 74.5 Å². The molecule has 1 aliphatic heterocycles. The summed E-state index contributed by atoms with van der Waals surface area (Å²) in [6, 6.07) is 39.1. The number of unbranched alkanes of at least 4 members (excludes halogenated alkanes) is 2. The number of carbonyl (C=O) groups excluding carboxylic acids is 1. The van der Waals surface area contributed by atoms with E-state index in [0.29, 0.717) is 54.6 Å². The number of hydrogen-bond acceptors (Lipinski definition) is 10. The molecule has 5 aromatic carbocycles. The molecule has 2 N–H and O–H groups in total. The molecule has 1 amide bonds. The van der Waals surface area contributed by atoms with Crippen molar-refractivity contribution in [2.24, 2.45) is 22.9 Å². The van der Waals surface area contributed by atoms with Crippen LogP contribution >= 0.6 is 0 Å². The normalized spacial score (nSPS) is 21.7. The standard InChI is InChI=1S/C58H65FN2O9/c1-3-33-67-58-54(61(39-41-21-25-46(59)26-22-41)57(64)66-35-34-65-40-42-15-7-5-8-16-42)38-52(60-68-4-2)50-36-45(19-11-13-31-62)49(20-12-14-32-63)55(56(50)58)51-37-48(29-30-53(51)70-58)69-47-27-23-44(24-28-47)43-17-9-6-10-18-43/h3,5-10,15-18,21-30,36-37,45,49,54-56,62-63H,1,4,11-14,19-20,31-35,38-40H2,2H3. The van der Waals surface area contributed by atoms with Gasteiger partial charge >= 0.3 is 6.09 Å². The minimum Gasteiger partial charge on any atom is -0.459 e. The summed E-state index contributed by atoms with van der Waals surface area (Å²) in [5, 5.41) is 24.8. The monoisotopic (exact) mass is 952 g/mol. The number of benzene rings is 5. The molecular weight excluding hydrogens is 888 g/mol. The molecule has 8 rings (SSSR count). The molecule has 6 atom stereocenters. The predicted molar refractivity (Wildman–Crippen MR) is 268 cm³/mol. The Kier molecular flexibility index (Phi) is 17.5. The first-order valence-corrected chi connectivity index (χ1v) is 24.7. The summed E-state index contributed by atoms with van der Waals surface area (Å²) in [6.07, 6.45) is 7.95. The topological polar surface area (TPSA) is 129 Å². The fraction of sp³-hybridized carbons (Fsp3) is 0.379. The molecule has 6 unspecified atom stereocenters. The van der Waals surface area contributed by atoms with Crippen molar-refractivity contribution in [1.82, 2.24) is 4.90 Å². The van der Waals surface area contributed by atoms with E-state index >= 15 is 0 Å². The van der Waals surface area contributed by atoms with Crippen LogP contribution in [-0.4, -0.2) is 78.4 Å². The predicted octanol–water partition coefficient (Wildman–Crippen LogP) is 11.8. The summed E-state index contributed by atoms with van der Waals surface area (Å²) in [5.74, 6) is -0.837. The minimum atomic E-state index is -1.53. The van der Waals surface area contributed by atoms with Crippen molar-refractivity contribution in [1.29, 1.82) is 0 Å². The molecule has 11 nitrogen and oxygen atoms in total. The van der Waals surface area contributed by atoms with Gasteiger partial charge in [-0.15, -0.1) is 6.58 Å². The second-order valence-corrected chi connectivity index (χ2v) is 18.1. The number of halogens is 1. The average Bonchev–Trinajstić information content (AvgIpc) is 3.39. The zero-order valence-corrected chi connectivity index (χ0v) is 40.0. The number of aliphatic hydroxyl groups is 2. The van der Waals surface area contributed by atoms with Crippen molar-refractivity contribution in [3.63, 3.8) is 0 Å². The first-order valence-electron chi connectivity index (χ1n) is 24.7. The highest BCUT2D eigenvalue weighted by molar-refractivity contribution is 6.03. The number of oxime groups is 1. The van der Waals surface area contributed by atoms with Gasteiger partial charge in [-0.3, -0.25) is 4.90 Å². The molecule has 12 heteroatoms. The number of nitrogens with zero attached hydrogens (tertiary/aromatic N) is 2. The Morgan fingerprint density at radius 2 is 1.54 bits per heavy atom. The summed E-state index contributed by atoms with van der Waals surface area (Å²) >= 11 is 0. The third-order valence-corrected chi connectivity index (χ3v) is 13.6. The number of amides is 1. The molecule has 5 aromatic rings. The fourth-order valence-corrected chi connectivity index (χ4v) is 10.5. The number of hydrogen-bond donors (Lipinski definition) is 2. The molecule has 0 spiro atoms. The van der Waals surface area contributed by atoms with Crippen molar-refractivity contribution in [2.45, 2.75) is 82.8 Å². The van der Waals surface area contributed by atoms with Crippen molar-refractivity contribution >= 4 is 11.8 Å². The van der Waals surface area contributed by atoms with Gasteiger partial charge in [0.25, 0.3) is 0 Å². The molecule has 1 saturated carbocycles. The quantitative estimate of drug-likeness (QED) is 0.0353. The van der Waals surface area contributed by atoms with Crippen LogP contribution in [-0.2, 0) is 32.2 Å². The summed E-state index contributed by atoms with van der Waals surface area (Å²) in [7, 11) is 0. The van der Waals surface area contributed by atoms with Gasteiger partial charge in [0.05, 0.1) is 31.5 Å². The molecule has 0 radical (unpaired) electrons. The molecule has 368 valence electrons. The largest absolute Gasteiger partial charge is 0.459 e. The highest BCUT2D eigenvalue weighted by Gasteiger charge is 2.65. The Bertz CT molecular complexity index is 2520. The van der Waals surface area contributed by atoms with E-state index in [1.165, 1.54) is 12.1 Å². The maximum absolute atomic E-state index is 14.9. The van der Waals surface area contributed by atoms with E-state index in [9.17, 15) is 19.4 Å². The Hall–Kier alpha value is -6.31. The first kappa shape index (κ1) is 50.1. The van der Waals surface area contributed by atoms with Gasteiger partial charge in [-0.25, -0.2) is 9.18 Å². The molecular formula is C58H65FN2O9. The van der Waals surface area contributed by atoms with Crippen LogP contribution < -0.4 is 9.47 Å². The zero-order chi connectivity index (χ0) is 48.7. The van der Waals surface area contributed by atoms with E-state index in [2.05, 4.69) is 30.9 Å². The highest BCUT2D eigenvalue weighted by Crippen LogP contribution is 2.62. The van der Waals surface area contributed by atoms with Crippen LogP contribution in [0, 0.1) is 23.6 Å². The van der Waals surface area contributed by atoms with Crippen LogP contribution in [0.25, 0.3) is 11.1 Å². The Morgan fingerprint density at radius 1 is 0.843 bits per heavy atom. The fourth-order valence-electron chi connectivity index (χ4n) is 10.5. The molecule has 1 heterocycles. The first-order chi connectivity index (χ1) is 34.3. The van der Waals surface area contributed by atoms with E-state index in [4.69, 9.17) is 33.7 Å². The van der Waals surface area contributed by atoms with Gasteiger partial charge < -0.3 is 38.7 Å². The van der Waals surface area contributed by atoms with E-state index in [-0.39, 0.29) is 63.8 Å². The van der Waals surface area contributed by atoms with Gasteiger partial charge in [0.1, 0.15) is 42.3 Å². The third kappa shape index (κ3) is 11.8. The maximum atomic E-state index is 14.9. The lowest BCUT2D eigenvalue weighted by Crippen LogP contribution is -2.70. The van der Waals surface area contributed by atoms with Crippen LogP contribution in [0.15, 0.2) is 157 Å². The Morgan fingerprint density at radius 3 is 2.26 bits per heavy atom. The van der Waals surface area contributed by atoms with Gasteiger partial charge in [0, 0.05) is 37.7 Å². The van der Waals surface area contributed by atoms with Crippen molar-refractivity contribution < 1.29 is 47.9 Å². The molecule has 3 aliphatic rings. The molecule has 0 saturated heterocycles. The maximum Gasteiger partial charge on any atom is 0.410 e. The van der Waals surface area contributed by atoms with Crippen LogP contribution in [0.2, 0.25) is 0 Å². The number of ether oxygens (including phenoxy) is 5. The van der Waals surface area contributed by atoms with Gasteiger partial charge in [-0.05, 0) is 115 Å². The zero-order valence-electron chi connectivity index (χ0n) is 40.0. The summed E-state index contributed by atoms with van der Waals surface area (Å²) in [5.41, 5.74) is 6.34. The van der Waals surface area contributed by atoms with Gasteiger partial charge in [0.2, 0.25) is 5.79 Å². The van der Waals surface area contributed by atoms with Crippen molar-refractivity contribution in [2.75, 3.05) is 39.6 Å². The van der Waals surface area contributed by atoms with Gasteiger partial charge in [-0.2, -0.15) is 0 Å². The van der Waals surface area contributed by atoms with Crippen LogP contribution in [0.5, 0.6) is 17.2 Å². The SMILES string of the molecule is C=CCOC12Oc3ccc(Oc4ccc(-c5ccccc5)cc4)cc3C3C(CCCCO)C(CCCCO)C=C(C(=NOCC)CC1N(Cc1ccc(F)cc1)C(=O)OCCOCc1ccccc1)C32. The number of aliphatic hydroxyl groups excluding tert-OH is 2. The Labute approximate surface area is 411 Å². The minimum absolute atomic E-state index is 0.000104. The van der Waals surface area contributed by atoms with E-state index in [1.807, 2.05) is 91.9 Å². The molecule has 1 fully saturated rings. The van der Waals surface area contributed by atoms with Crippen LogP contribution in [0.3, 0.4) is 0 Å². The van der Waals surface area contributed by atoms with E-state index < -0.39 is 29.7 Å². The lowest BCUT2D eigenvalue weighted by molar-refractivity contribution is -0.256.